The van der Waals surface area contributed by atoms with Crippen molar-refractivity contribution in [2.45, 2.75) is 27.7 Å². The lowest BCUT2D eigenvalue weighted by atomic mass is 9.99. The van der Waals surface area contributed by atoms with E-state index in [9.17, 15) is 14.0 Å². The molecule has 0 aliphatic heterocycles. The lowest BCUT2D eigenvalue weighted by Crippen LogP contribution is -2.38. The van der Waals surface area contributed by atoms with Crippen molar-refractivity contribution in [1.82, 2.24) is 9.88 Å². The van der Waals surface area contributed by atoms with Gasteiger partial charge in [-0.15, -0.1) is 0 Å². The van der Waals surface area contributed by atoms with Crippen LogP contribution in [0.3, 0.4) is 0 Å². The number of pyridine rings is 1. The Labute approximate surface area is 266 Å². The number of ether oxygens (including phenoxy) is 3. The molecular weight excluding hydrogens is 594 g/mol. The molecule has 1 heterocycles. The maximum absolute atomic E-state index is 15.4. The van der Waals surface area contributed by atoms with Crippen LogP contribution >= 0.6 is 0 Å². The summed E-state index contributed by atoms with van der Waals surface area (Å²) in [7, 11) is 1.54. The van der Waals surface area contributed by atoms with Gasteiger partial charge < -0.3 is 29.7 Å². The van der Waals surface area contributed by atoms with E-state index in [0.29, 0.717) is 40.4 Å². The normalized spacial score (nSPS) is 18.7. The summed E-state index contributed by atoms with van der Waals surface area (Å²) in [5.74, 6) is -1.41. The van der Waals surface area contributed by atoms with Crippen molar-refractivity contribution in [3.05, 3.63) is 78.5 Å². The minimum absolute atomic E-state index is 0.0686. The van der Waals surface area contributed by atoms with Crippen LogP contribution in [0.25, 0.3) is 10.9 Å². The number of aromatic nitrogens is 1. The first-order valence-corrected chi connectivity index (χ1v) is 15.3. The van der Waals surface area contributed by atoms with E-state index >= 15 is 4.39 Å². The van der Waals surface area contributed by atoms with E-state index in [2.05, 4.69) is 34.4 Å². The van der Waals surface area contributed by atoms with Crippen LogP contribution in [0, 0.1) is 28.9 Å². The first kappa shape index (κ1) is 32.6. The highest BCUT2D eigenvalue weighted by molar-refractivity contribution is 6.17. The van der Waals surface area contributed by atoms with Crippen molar-refractivity contribution >= 4 is 34.1 Å². The predicted octanol–water partition coefficient (Wildman–Crippen LogP) is 6.88. The Morgan fingerprint density at radius 3 is 2.11 bits per heavy atom. The fourth-order valence-corrected chi connectivity index (χ4v) is 5.80. The molecule has 0 bridgehead atoms. The summed E-state index contributed by atoms with van der Waals surface area (Å²) in [6.07, 6.45) is 1.56. The molecule has 5 rings (SSSR count). The second-order valence-corrected chi connectivity index (χ2v) is 11.3. The van der Waals surface area contributed by atoms with Crippen LogP contribution in [0.2, 0.25) is 0 Å². The smallest absolute Gasteiger partial charge is 0.240 e. The molecule has 1 aliphatic carbocycles. The third-order valence-corrected chi connectivity index (χ3v) is 8.89. The van der Waals surface area contributed by atoms with Crippen molar-refractivity contribution in [3.63, 3.8) is 0 Å². The molecule has 1 aromatic heterocycles. The van der Waals surface area contributed by atoms with Crippen molar-refractivity contribution in [3.8, 4) is 23.0 Å². The van der Waals surface area contributed by atoms with Crippen molar-refractivity contribution < 1.29 is 32.6 Å². The SMILES string of the molecule is CCN(CC)CCOc1cc2nccc(Oc3ccc(NC(=O)C4(C(=O)Nc5ccc(F)cc5)C(C)[C@H]4C)cc3F)c2cc1OC. The van der Waals surface area contributed by atoms with Gasteiger partial charge in [0.15, 0.2) is 23.1 Å². The van der Waals surface area contributed by atoms with E-state index in [1.54, 1.807) is 45.4 Å². The van der Waals surface area contributed by atoms with Crippen LogP contribution < -0.4 is 24.8 Å². The van der Waals surface area contributed by atoms with Crippen LogP contribution in [-0.4, -0.2) is 55.0 Å². The zero-order chi connectivity index (χ0) is 33.0. The largest absolute Gasteiger partial charge is 0.493 e. The van der Waals surface area contributed by atoms with E-state index in [0.717, 1.165) is 25.7 Å². The van der Waals surface area contributed by atoms with Crippen LogP contribution in [0.5, 0.6) is 23.0 Å². The quantitative estimate of drug-likeness (QED) is 0.155. The molecule has 1 saturated carbocycles. The van der Waals surface area contributed by atoms with Gasteiger partial charge in [0.25, 0.3) is 0 Å². The monoisotopic (exact) mass is 632 g/mol. The molecule has 3 aromatic carbocycles. The van der Waals surface area contributed by atoms with Gasteiger partial charge in [0.05, 0.1) is 12.6 Å². The molecule has 2 N–H and O–H groups in total. The highest BCUT2D eigenvalue weighted by atomic mass is 19.1. The molecule has 3 atom stereocenters. The Bertz CT molecular complexity index is 1720. The van der Waals surface area contributed by atoms with Gasteiger partial charge in [-0.1, -0.05) is 27.7 Å². The lowest BCUT2D eigenvalue weighted by Gasteiger charge is -2.19. The first-order chi connectivity index (χ1) is 22.1. The highest BCUT2D eigenvalue weighted by Crippen LogP contribution is 2.59. The Balaban J connectivity index is 1.30. The van der Waals surface area contributed by atoms with Gasteiger partial charge in [0.1, 0.15) is 23.6 Å². The fraction of sp³-hybridized carbons (Fsp3) is 0.343. The number of methoxy groups -OCH3 is 1. The zero-order valence-electron chi connectivity index (χ0n) is 26.5. The Hall–Kier alpha value is -4.77. The first-order valence-electron chi connectivity index (χ1n) is 15.3. The van der Waals surface area contributed by atoms with Crippen molar-refractivity contribution in [2.75, 3.05) is 44.0 Å². The summed E-state index contributed by atoms with van der Waals surface area (Å²) >= 11 is 0. The molecule has 0 radical (unpaired) electrons. The third kappa shape index (κ3) is 6.46. The molecular formula is C35H38F2N4O5. The molecule has 46 heavy (non-hydrogen) atoms. The van der Waals surface area contributed by atoms with Crippen LogP contribution in [0.1, 0.15) is 27.7 Å². The van der Waals surface area contributed by atoms with Crippen LogP contribution in [0.15, 0.2) is 66.9 Å². The second-order valence-electron chi connectivity index (χ2n) is 11.3. The number of amides is 2. The van der Waals surface area contributed by atoms with Crippen LogP contribution in [0.4, 0.5) is 20.2 Å². The molecule has 0 spiro atoms. The van der Waals surface area contributed by atoms with Crippen molar-refractivity contribution in [1.29, 1.82) is 0 Å². The number of anilines is 2. The minimum Gasteiger partial charge on any atom is -0.493 e. The number of halogens is 2. The number of carbonyl (C=O) groups is 2. The Morgan fingerprint density at radius 1 is 0.848 bits per heavy atom. The number of benzene rings is 3. The average Bonchev–Trinajstić information content (AvgIpc) is 3.61. The van der Waals surface area contributed by atoms with Gasteiger partial charge in [0, 0.05) is 41.6 Å². The van der Waals surface area contributed by atoms with E-state index in [-0.39, 0.29) is 23.3 Å². The van der Waals surface area contributed by atoms with Gasteiger partial charge >= 0.3 is 0 Å². The molecule has 2 amide bonds. The fourth-order valence-electron chi connectivity index (χ4n) is 5.80. The summed E-state index contributed by atoms with van der Waals surface area (Å²) in [6, 6.07) is 14.5. The summed E-state index contributed by atoms with van der Waals surface area (Å²) in [4.78, 5) is 33.4. The number of nitrogens with one attached hydrogen (secondary N) is 2. The van der Waals surface area contributed by atoms with Gasteiger partial charge in [-0.25, -0.2) is 8.78 Å². The molecule has 4 aromatic rings. The van der Waals surface area contributed by atoms with E-state index in [1.807, 2.05) is 0 Å². The summed E-state index contributed by atoms with van der Waals surface area (Å²) in [5, 5.41) is 6.00. The van der Waals surface area contributed by atoms with E-state index < -0.39 is 28.9 Å². The van der Waals surface area contributed by atoms with Crippen LogP contribution in [-0.2, 0) is 9.59 Å². The third-order valence-electron chi connectivity index (χ3n) is 8.89. The number of hydrogen-bond acceptors (Lipinski definition) is 7. The Kier molecular flexibility index (Phi) is 9.71. The minimum atomic E-state index is -1.36. The summed E-state index contributed by atoms with van der Waals surface area (Å²) in [6.45, 7) is 10.9. The summed E-state index contributed by atoms with van der Waals surface area (Å²) < 4.78 is 46.2. The average molecular weight is 633 g/mol. The second kappa shape index (κ2) is 13.7. The van der Waals surface area contributed by atoms with Gasteiger partial charge in [-0.3, -0.25) is 14.6 Å². The molecule has 1 fully saturated rings. The van der Waals surface area contributed by atoms with Crippen molar-refractivity contribution in [2.24, 2.45) is 17.3 Å². The molecule has 9 nitrogen and oxygen atoms in total. The number of fused-ring (bicyclic) bond motifs is 1. The van der Waals surface area contributed by atoms with E-state index in [1.165, 1.54) is 36.4 Å². The van der Waals surface area contributed by atoms with Gasteiger partial charge in [0.2, 0.25) is 11.8 Å². The highest BCUT2D eigenvalue weighted by Gasteiger charge is 2.69. The van der Waals surface area contributed by atoms with Gasteiger partial charge in [-0.05, 0) is 73.5 Å². The molecule has 1 aliphatic rings. The molecule has 0 saturated heterocycles. The standard InChI is InChI=1S/C35H38F2N4O5/c1-6-41(7-2)16-17-45-32-20-28-26(19-31(32)44-5)29(14-15-38-28)46-30-13-12-25(18-27(30)37)40-34(43)35(21(3)22(35)4)33(42)39-24-10-8-23(36)9-11-24/h8-15,18-22H,6-7,16-17H2,1-5H3,(H,39,42)(H,40,43)/t21-,22?,35?/m1/s1. The number of hydrogen-bond donors (Lipinski definition) is 2. The Morgan fingerprint density at radius 2 is 1.50 bits per heavy atom. The predicted molar refractivity (Wildman–Crippen MR) is 172 cm³/mol. The van der Waals surface area contributed by atoms with Gasteiger partial charge in [-0.2, -0.15) is 0 Å². The number of rotatable bonds is 13. The maximum atomic E-state index is 15.4. The van der Waals surface area contributed by atoms with E-state index in [4.69, 9.17) is 14.2 Å². The number of likely N-dealkylation sites (N-methyl/N-ethyl adjacent to an activating group) is 1. The topological polar surface area (TPSA) is 102 Å². The molecule has 242 valence electrons. The zero-order valence-corrected chi connectivity index (χ0v) is 26.5. The number of nitrogens with zero attached hydrogens (tertiary/aromatic N) is 2. The molecule has 2 unspecified atom stereocenters. The summed E-state index contributed by atoms with van der Waals surface area (Å²) in [5.41, 5.74) is -0.235. The maximum Gasteiger partial charge on any atom is 0.240 e. The number of carbonyl (C=O) groups excluding carboxylic acids is 2. The molecule has 11 heteroatoms. The lowest BCUT2D eigenvalue weighted by molar-refractivity contribution is -0.132.